The molecule has 3 heterocycles. The third-order valence-corrected chi connectivity index (χ3v) is 6.60. The average Bonchev–Trinajstić information content (AvgIpc) is 3.51. The monoisotopic (exact) mass is 465 g/mol. The zero-order chi connectivity index (χ0) is 23.9. The summed E-state index contributed by atoms with van der Waals surface area (Å²) in [5.74, 6) is 5.68. The van der Waals surface area contributed by atoms with Gasteiger partial charge in [0.05, 0.1) is 17.4 Å². The minimum atomic E-state index is -0.365. The topological polar surface area (TPSA) is 57.7 Å². The van der Waals surface area contributed by atoms with Crippen LogP contribution in [0.4, 0.5) is 14.7 Å². The van der Waals surface area contributed by atoms with Gasteiger partial charge in [0, 0.05) is 47.6 Å². The molecule has 172 valence electrons. The quantitative estimate of drug-likeness (QED) is 0.393. The number of aromatic amines is 1. The first-order valence-electron chi connectivity index (χ1n) is 11.4. The number of allylic oxidation sites excluding steroid dienone is 4. The van der Waals surface area contributed by atoms with Crippen molar-refractivity contribution in [3.63, 3.8) is 0 Å². The average molecular weight is 466 g/mol. The number of nitrogens with zero attached hydrogens (tertiary/aromatic N) is 4. The lowest BCUT2D eigenvalue weighted by Gasteiger charge is -2.24. The van der Waals surface area contributed by atoms with Crippen molar-refractivity contribution < 1.29 is 8.78 Å². The van der Waals surface area contributed by atoms with E-state index >= 15 is 0 Å². The normalized spacial score (nSPS) is 19.1. The minimum absolute atomic E-state index is 0.226. The molecule has 2 aromatic carbocycles. The van der Waals surface area contributed by atoms with Crippen LogP contribution in [0.3, 0.4) is 0 Å². The predicted molar refractivity (Wildman–Crippen MR) is 130 cm³/mol. The number of hydrogen-bond donors (Lipinski definition) is 1. The van der Waals surface area contributed by atoms with Gasteiger partial charge >= 0.3 is 0 Å². The number of aromatic nitrogens is 4. The van der Waals surface area contributed by atoms with E-state index in [4.69, 9.17) is 4.98 Å². The fraction of sp³-hybridized carbons (Fsp3) is 0.179. The van der Waals surface area contributed by atoms with Gasteiger partial charge in [0.25, 0.3) is 0 Å². The molecule has 2 atom stereocenters. The van der Waals surface area contributed by atoms with Crippen LogP contribution in [-0.2, 0) is 13.1 Å². The molecule has 2 aromatic heterocycles. The van der Waals surface area contributed by atoms with Crippen molar-refractivity contribution >= 4 is 16.9 Å². The summed E-state index contributed by atoms with van der Waals surface area (Å²) in [5.41, 5.74) is 5.11. The molecule has 1 aliphatic heterocycles. The largest absolute Gasteiger partial charge is 0.332 e. The van der Waals surface area contributed by atoms with Crippen molar-refractivity contribution in [2.75, 3.05) is 4.90 Å². The highest BCUT2D eigenvalue weighted by molar-refractivity contribution is 5.79. The van der Waals surface area contributed by atoms with E-state index in [-0.39, 0.29) is 23.5 Å². The molecular formula is C28H21F2N5. The Bertz CT molecular complexity index is 1570. The van der Waals surface area contributed by atoms with Crippen LogP contribution in [0.25, 0.3) is 10.9 Å². The molecule has 35 heavy (non-hydrogen) atoms. The Kier molecular flexibility index (Phi) is 5.14. The summed E-state index contributed by atoms with van der Waals surface area (Å²) in [5, 5.41) is 7.92. The van der Waals surface area contributed by atoms with Gasteiger partial charge in [0.1, 0.15) is 11.6 Å². The highest BCUT2D eigenvalue weighted by atomic mass is 19.1. The second-order valence-electron chi connectivity index (χ2n) is 8.94. The fourth-order valence-electron chi connectivity index (χ4n) is 4.63. The smallest absolute Gasteiger partial charge is 0.226 e. The summed E-state index contributed by atoms with van der Waals surface area (Å²) in [6.45, 7) is 3.00. The van der Waals surface area contributed by atoms with Crippen molar-refractivity contribution in [3.8, 4) is 11.8 Å². The molecule has 2 unspecified atom stereocenters. The lowest BCUT2D eigenvalue weighted by molar-refractivity contribution is 0.450. The van der Waals surface area contributed by atoms with Gasteiger partial charge in [-0.25, -0.2) is 18.7 Å². The van der Waals surface area contributed by atoms with Crippen LogP contribution in [-0.4, -0.2) is 20.2 Å². The van der Waals surface area contributed by atoms with Crippen LogP contribution < -0.4 is 4.90 Å². The van der Waals surface area contributed by atoms with Crippen LogP contribution >= 0.6 is 0 Å². The first-order chi connectivity index (χ1) is 17.0. The van der Waals surface area contributed by atoms with Crippen molar-refractivity contribution in [3.05, 3.63) is 107 Å². The maximum absolute atomic E-state index is 14.9. The standard InChI is InChI=1S/C28H21F2N5/c1-17-24(11-19(12-25(17)30)3-2-18-4-7-26-21(10-18)14-32-34-26)27-8-9-31-28(33-27)35-15-20-5-6-23(29)13-22(20)16-35/h4-14,17,24H,15-16H2,1H3,(H,32,34). The third kappa shape index (κ3) is 4.08. The van der Waals surface area contributed by atoms with Crippen LogP contribution in [0.2, 0.25) is 0 Å². The number of anilines is 1. The van der Waals surface area contributed by atoms with Crippen LogP contribution in [0.1, 0.15) is 35.2 Å². The van der Waals surface area contributed by atoms with Gasteiger partial charge in [0.2, 0.25) is 5.95 Å². The van der Waals surface area contributed by atoms with Crippen LogP contribution in [0, 0.1) is 23.6 Å². The summed E-state index contributed by atoms with van der Waals surface area (Å²) in [7, 11) is 0. The maximum atomic E-state index is 14.9. The maximum Gasteiger partial charge on any atom is 0.226 e. The van der Waals surface area contributed by atoms with Gasteiger partial charge in [-0.3, -0.25) is 5.10 Å². The van der Waals surface area contributed by atoms with E-state index in [0.717, 1.165) is 33.3 Å². The number of rotatable bonds is 2. The van der Waals surface area contributed by atoms with E-state index in [1.165, 1.54) is 12.1 Å². The second-order valence-corrected chi connectivity index (χ2v) is 8.94. The summed E-state index contributed by atoms with van der Waals surface area (Å²) < 4.78 is 28.6. The number of fused-ring (bicyclic) bond motifs is 2. The number of benzene rings is 2. The van der Waals surface area contributed by atoms with E-state index in [9.17, 15) is 8.78 Å². The third-order valence-electron chi connectivity index (χ3n) is 6.60. The van der Waals surface area contributed by atoms with E-state index < -0.39 is 0 Å². The van der Waals surface area contributed by atoms with Crippen LogP contribution in [0.5, 0.6) is 0 Å². The van der Waals surface area contributed by atoms with Gasteiger partial charge in [-0.2, -0.15) is 5.10 Å². The van der Waals surface area contributed by atoms with E-state index in [1.54, 1.807) is 24.5 Å². The first kappa shape index (κ1) is 21.2. The van der Waals surface area contributed by atoms with Crippen molar-refractivity contribution in [1.82, 2.24) is 20.2 Å². The van der Waals surface area contributed by atoms with Crippen molar-refractivity contribution in [2.24, 2.45) is 5.92 Å². The summed E-state index contributed by atoms with van der Waals surface area (Å²) in [4.78, 5) is 11.2. The lowest BCUT2D eigenvalue weighted by Crippen LogP contribution is -2.20. The number of halogens is 2. The zero-order valence-electron chi connectivity index (χ0n) is 19.0. The number of H-pyrrole nitrogens is 1. The molecule has 0 amide bonds. The zero-order valence-corrected chi connectivity index (χ0v) is 19.0. The molecule has 5 nitrogen and oxygen atoms in total. The van der Waals surface area contributed by atoms with E-state index in [0.29, 0.717) is 24.6 Å². The van der Waals surface area contributed by atoms with Gasteiger partial charge in [-0.15, -0.1) is 0 Å². The first-order valence-corrected chi connectivity index (χ1v) is 11.4. The van der Waals surface area contributed by atoms with Gasteiger partial charge in [0.15, 0.2) is 0 Å². The molecule has 0 radical (unpaired) electrons. The molecule has 7 heteroatoms. The summed E-state index contributed by atoms with van der Waals surface area (Å²) in [6, 6.07) is 12.4. The minimum Gasteiger partial charge on any atom is -0.332 e. The molecule has 4 aromatic rings. The second kappa shape index (κ2) is 8.48. The number of nitrogens with one attached hydrogen (secondary N) is 1. The Balaban J connectivity index is 1.28. The highest BCUT2D eigenvalue weighted by Crippen LogP contribution is 2.37. The fourth-order valence-corrected chi connectivity index (χ4v) is 4.63. The summed E-state index contributed by atoms with van der Waals surface area (Å²) >= 11 is 0. The molecule has 0 bridgehead atoms. The molecule has 2 aliphatic rings. The molecule has 0 fully saturated rings. The molecular weight excluding hydrogens is 444 g/mol. The molecule has 6 rings (SSSR count). The molecule has 0 saturated carbocycles. The molecule has 1 N–H and O–H groups in total. The predicted octanol–water partition coefficient (Wildman–Crippen LogP) is 5.58. The number of hydrogen-bond acceptors (Lipinski definition) is 4. The van der Waals surface area contributed by atoms with Gasteiger partial charge in [-0.05, 0) is 53.6 Å². The van der Waals surface area contributed by atoms with E-state index in [2.05, 4.69) is 27.0 Å². The highest BCUT2D eigenvalue weighted by Gasteiger charge is 2.28. The molecule has 0 saturated heterocycles. The van der Waals surface area contributed by atoms with E-state index in [1.807, 2.05) is 42.2 Å². The Hall–Kier alpha value is -4.31. The Morgan fingerprint density at radius 1 is 1.03 bits per heavy atom. The molecule has 0 spiro atoms. The van der Waals surface area contributed by atoms with Crippen molar-refractivity contribution in [1.29, 1.82) is 0 Å². The molecule has 1 aliphatic carbocycles. The lowest BCUT2D eigenvalue weighted by atomic mass is 9.84. The van der Waals surface area contributed by atoms with Crippen LogP contribution in [0.15, 0.2) is 78.4 Å². The summed E-state index contributed by atoms with van der Waals surface area (Å²) in [6.07, 6.45) is 6.92. The van der Waals surface area contributed by atoms with Gasteiger partial charge < -0.3 is 4.90 Å². The van der Waals surface area contributed by atoms with Gasteiger partial charge in [-0.1, -0.05) is 30.9 Å². The Morgan fingerprint density at radius 2 is 1.91 bits per heavy atom. The Morgan fingerprint density at radius 3 is 2.83 bits per heavy atom. The van der Waals surface area contributed by atoms with Crippen molar-refractivity contribution in [2.45, 2.75) is 25.9 Å². The SMILES string of the molecule is CC1C(F)=CC(C#Cc2ccc3[nH]ncc3c2)=CC1c1ccnc(N2Cc3ccc(F)cc3C2)n1. The Labute approximate surface area is 201 Å².